The molecule has 0 aromatic carbocycles. The van der Waals surface area contributed by atoms with Crippen LogP contribution in [0, 0.1) is 30.6 Å². The third kappa shape index (κ3) is 2.37. The minimum Gasteiger partial charge on any atom is -0.481 e. The molecule has 3 unspecified atom stereocenters. The Labute approximate surface area is 123 Å². The molecule has 21 heavy (non-hydrogen) atoms. The van der Waals surface area contributed by atoms with Crippen LogP contribution in [0.5, 0.6) is 0 Å². The number of hydrogen-bond acceptors (Lipinski definition) is 3. The number of aliphatic carboxylic acids is 1. The Kier molecular flexibility index (Phi) is 3.35. The molecule has 2 aliphatic rings. The van der Waals surface area contributed by atoms with Crippen molar-refractivity contribution in [1.82, 2.24) is 5.32 Å². The fourth-order valence-electron chi connectivity index (χ4n) is 3.58. The standard InChI is InChI=1S/C16H19NO4/c1-8-3-6-12(21-8)9(2)17-15(18)13-10-4-5-11(7-10)14(13)16(19)20/h3-6,9-11,13-14H,7H2,1-2H3,(H,17,18)(H,19,20)/t9?,10?,11?,13-,14+/m0/s1. The summed E-state index contributed by atoms with van der Waals surface area (Å²) < 4.78 is 5.50. The first kappa shape index (κ1) is 13.9. The molecule has 2 bridgehead atoms. The first-order chi connectivity index (χ1) is 9.97. The Balaban J connectivity index is 1.73. The molecule has 1 heterocycles. The number of aryl methyl sites for hydroxylation is 1. The van der Waals surface area contributed by atoms with E-state index in [9.17, 15) is 14.7 Å². The lowest BCUT2D eigenvalue weighted by molar-refractivity contribution is -0.148. The molecule has 5 heteroatoms. The van der Waals surface area contributed by atoms with Crippen LogP contribution in [0.1, 0.15) is 30.9 Å². The van der Waals surface area contributed by atoms with Gasteiger partial charge in [-0.1, -0.05) is 12.2 Å². The summed E-state index contributed by atoms with van der Waals surface area (Å²) in [5.41, 5.74) is 0. The molecule has 1 aromatic rings. The Morgan fingerprint density at radius 2 is 1.95 bits per heavy atom. The molecule has 0 saturated heterocycles. The van der Waals surface area contributed by atoms with E-state index in [1.165, 1.54) is 0 Å². The number of fused-ring (bicyclic) bond motifs is 2. The predicted molar refractivity (Wildman–Crippen MR) is 75.4 cm³/mol. The molecule has 1 saturated carbocycles. The number of carboxylic acids is 1. The third-order valence-electron chi connectivity index (χ3n) is 4.59. The zero-order valence-electron chi connectivity index (χ0n) is 12.1. The van der Waals surface area contributed by atoms with Crippen molar-refractivity contribution in [1.29, 1.82) is 0 Å². The maximum atomic E-state index is 12.5. The Hall–Kier alpha value is -2.04. The number of rotatable bonds is 4. The van der Waals surface area contributed by atoms with Crippen molar-refractivity contribution in [2.24, 2.45) is 23.7 Å². The van der Waals surface area contributed by atoms with E-state index in [-0.39, 0.29) is 23.8 Å². The summed E-state index contributed by atoms with van der Waals surface area (Å²) in [4.78, 5) is 23.9. The second kappa shape index (κ2) is 5.06. The number of amides is 1. The van der Waals surface area contributed by atoms with Crippen LogP contribution in [0.4, 0.5) is 0 Å². The van der Waals surface area contributed by atoms with Gasteiger partial charge in [0.05, 0.1) is 17.9 Å². The molecule has 5 nitrogen and oxygen atoms in total. The number of nitrogens with one attached hydrogen (secondary N) is 1. The van der Waals surface area contributed by atoms with Gasteiger partial charge in [-0.15, -0.1) is 0 Å². The largest absolute Gasteiger partial charge is 0.481 e. The number of carbonyl (C=O) groups excluding carboxylic acids is 1. The molecule has 0 radical (unpaired) electrons. The fraction of sp³-hybridized carbons (Fsp3) is 0.500. The summed E-state index contributed by atoms with van der Waals surface area (Å²) in [5, 5.41) is 12.3. The maximum absolute atomic E-state index is 12.5. The van der Waals surface area contributed by atoms with Gasteiger partial charge in [-0.2, -0.15) is 0 Å². The van der Waals surface area contributed by atoms with E-state index in [0.717, 1.165) is 12.2 Å². The molecule has 1 amide bonds. The SMILES string of the molecule is Cc1ccc(C(C)NC(=O)[C@H]2C3C=CC(C3)[C@H]2C(=O)O)o1. The molecule has 1 fully saturated rings. The molecule has 112 valence electrons. The van der Waals surface area contributed by atoms with Gasteiger partial charge in [0.25, 0.3) is 0 Å². The highest BCUT2D eigenvalue weighted by Crippen LogP contribution is 2.48. The van der Waals surface area contributed by atoms with Gasteiger partial charge in [0, 0.05) is 0 Å². The van der Waals surface area contributed by atoms with E-state index in [2.05, 4.69) is 5.32 Å². The van der Waals surface area contributed by atoms with Crippen molar-refractivity contribution in [2.75, 3.05) is 0 Å². The van der Waals surface area contributed by atoms with E-state index >= 15 is 0 Å². The van der Waals surface area contributed by atoms with Crippen LogP contribution < -0.4 is 5.32 Å². The lowest BCUT2D eigenvalue weighted by Crippen LogP contribution is -2.41. The van der Waals surface area contributed by atoms with Gasteiger partial charge in [-0.3, -0.25) is 9.59 Å². The summed E-state index contributed by atoms with van der Waals surface area (Å²) in [6.45, 7) is 3.69. The van der Waals surface area contributed by atoms with Gasteiger partial charge in [-0.25, -0.2) is 0 Å². The zero-order chi connectivity index (χ0) is 15.1. The Morgan fingerprint density at radius 3 is 2.52 bits per heavy atom. The smallest absolute Gasteiger partial charge is 0.307 e. The van der Waals surface area contributed by atoms with Gasteiger partial charge in [0.2, 0.25) is 5.91 Å². The molecule has 0 aliphatic heterocycles. The van der Waals surface area contributed by atoms with Crippen LogP contribution in [0.15, 0.2) is 28.7 Å². The minimum atomic E-state index is -0.881. The summed E-state index contributed by atoms with van der Waals surface area (Å²) >= 11 is 0. The summed E-state index contributed by atoms with van der Waals surface area (Å²) in [5.74, 6) is -0.648. The van der Waals surface area contributed by atoms with Gasteiger partial charge < -0.3 is 14.8 Å². The quantitative estimate of drug-likeness (QED) is 0.833. The molecular formula is C16H19NO4. The highest BCUT2D eigenvalue weighted by Gasteiger charge is 2.51. The van der Waals surface area contributed by atoms with Crippen molar-refractivity contribution >= 4 is 11.9 Å². The Morgan fingerprint density at radius 1 is 1.29 bits per heavy atom. The average Bonchev–Trinajstić information content (AvgIpc) is 3.12. The van der Waals surface area contributed by atoms with Crippen molar-refractivity contribution in [3.8, 4) is 0 Å². The number of furan rings is 1. The van der Waals surface area contributed by atoms with Crippen LogP contribution in [0.2, 0.25) is 0 Å². The summed E-state index contributed by atoms with van der Waals surface area (Å²) in [7, 11) is 0. The first-order valence-electron chi connectivity index (χ1n) is 7.25. The van der Waals surface area contributed by atoms with E-state index in [4.69, 9.17) is 4.42 Å². The van der Waals surface area contributed by atoms with Crippen LogP contribution in [0.3, 0.4) is 0 Å². The zero-order valence-corrected chi connectivity index (χ0v) is 12.1. The van der Waals surface area contributed by atoms with E-state index in [1.54, 1.807) is 0 Å². The number of allylic oxidation sites excluding steroid dienone is 2. The highest BCUT2D eigenvalue weighted by molar-refractivity contribution is 5.87. The van der Waals surface area contributed by atoms with Gasteiger partial charge in [0.1, 0.15) is 11.5 Å². The first-order valence-corrected chi connectivity index (χ1v) is 7.25. The van der Waals surface area contributed by atoms with Crippen LogP contribution in [0.25, 0.3) is 0 Å². The third-order valence-corrected chi connectivity index (χ3v) is 4.59. The van der Waals surface area contributed by atoms with Crippen LogP contribution in [-0.2, 0) is 9.59 Å². The van der Waals surface area contributed by atoms with Gasteiger partial charge in [-0.05, 0) is 44.2 Å². The summed E-state index contributed by atoms with van der Waals surface area (Å²) in [6.07, 6.45) is 4.69. The molecule has 3 rings (SSSR count). The van der Waals surface area contributed by atoms with Crippen LogP contribution >= 0.6 is 0 Å². The lowest BCUT2D eigenvalue weighted by Gasteiger charge is -2.25. The van der Waals surface area contributed by atoms with E-state index < -0.39 is 17.8 Å². The molecule has 1 aromatic heterocycles. The molecule has 5 atom stereocenters. The molecule has 2 aliphatic carbocycles. The second-order valence-corrected chi connectivity index (χ2v) is 6.02. The van der Waals surface area contributed by atoms with Crippen molar-refractivity contribution in [2.45, 2.75) is 26.3 Å². The monoisotopic (exact) mass is 289 g/mol. The Bertz CT molecular complexity index is 603. The van der Waals surface area contributed by atoms with Crippen LogP contribution in [-0.4, -0.2) is 17.0 Å². The van der Waals surface area contributed by atoms with Gasteiger partial charge >= 0.3 is 5.97 Å². The normalized spacial score (nSPS) is 31.3. The molecular weight excluding hydrogens is 270 g/mol. The fourth-order valence-corrected chi connectivity index (χ4v) is 3.58. The van der Waals surface area contributed by atoms with E-state index in [1.807, 2.05) is 38.1 Å². The maximum Gasteiger partial charge on any atom is 0.307 e. The van der Waals surface area contributed by atoms with Crippen molar-refractivity contribution in [3.05, 3.63) is 35.8 Å². The number of carbonyl (C=O) groups is 2. The average molecular weight is 289 g/mol. The predicted octanol–water partition coefficient (Wildman–Crippen LogP) is 2.29. The molecule has 0 spiro atoms. The van der Waals surface area contributed by atoms with E-state index in [0.29, 0.717) is 5.76 Å². The molecule has 2 N–H and O–H groups in total. The van der Waals surface area contributed by atoms with Crippen molar-refractivity contribution < 1.29 is 19.1 Å². The number of hydrogen-bond donors (Lipinski definition) is 2. The summed E-state index contributed by atoms with van der Waals surface area (Å²) in [6, 6.07) is 3.41. The van der Waals surface area contributed by atoms with Crippen molar-refractivity contribution in [3.63, 3.8) is 0 Å². The number of carboxylic acid groups (broad SMARTS) is 1. The van der Waals surface area contributed by atoms with Gasteiger partial charge in [0.15, 0.2) is 0 Å². The highest BCUT2D eigenvalue weighted by atomic mass is 16.4. The topological polar surface area (TPSA) is 79.5 Å². The lowest BCUT2D eigenvalue weighted by atomic mass is 9.82. The second-order valence-electron chi connectivity index (χ2n) is 6.02. The minimum absolute atomic E-state index is 0.00980.